The summed E-state index contributed by atoms with van der Waals surface area (Å²) in [6.45, 7) is 0.577. The van der Waals surface area contributed by atoms with Crippen molar-refractivity contribution in [2.24, 2.45) is 0 Å². The second kappa shape index (κ2) is 7.45. The summed E-state index contributed by atoms with van der Waals surface area (Å²) >= 11 is 0. The van der Waals surface area contributed by atoms with Gasteiger partial charge in [-0.2, -0.15) is 5.26 Å². The summed E-state index contributed by atoms with van der Waals surface area (Å²) in [6, 6.07) is 13.3. The topological polar surface area (TPSA) is 101 Å². The molecular formula is C21H17N5O2. The molecule has 7 nitrogen and oxygen atoms in total. The highest BCUT2D eigenvalue weighted by atomic mass is 16.2. The Bertz CT molecular complexity index is 1130. The number of nitrogens with one attached hydrogen (secondary N) is 1. The number of carbonyl (C=O) groups is 1. The van der Waals surface area contributed by atoms with E-state index in [-0.39, 0.29) is 17.5 Å². The smallest absolute Gasteiger partial charge is 0.254 e. The summed E-state index contributed by atoms with van der Waals surface area (Å²) < 4.78 is 1.62. The average Bonchev–Trinajstić information content (AvgIpc) is 2.75. The van der Waals surface area contributed by atoms with Crippen molar-refractivity contribution >= 4 is 5.91 Å². The van der Waals surface area contributed by atoms with Crippen LogP contribution in [0.4, 0.5) is 0 Å². The lowest BCUT2D eigenvalue weighted by atomic mass is 10.0. The molecule has 1 unspecified atom stereocenters. The molecule has 1 amide bonds. The quantitative estimate of drug-likeness (QED) is 0.762. The molecule has 28 heavy (non-hydrogen) atoms. The van der Waals surface area contributed by atoms with Crippen LogP contribution in [0.25, 0.3) is 11.3 Å². The number of aromatic nitrogens is 3. The standard InChI is InChI=1S/C21H17N5O2/c22-13-14-3-1-4-16(11-14)21(28)25-17-5-2-10-26-19(27)12-18(24-20(17)26)15-6-8-23-9-7-15/h1,3-4,6-9,11-12,17H,2,5,10H2,(H,25,28). The number of nitrogens with zero attached hydrogens (tertiary/aromatic N) is 4. The molecule has 3 heterocycles. The molecule has 0 spiro atoms. The Morgan fingerprint density at radius 2 is 2.04 bits per heavy atom. The van der Waals surface area contributed by atoms with E-state index >= 15 is 0 Å². The fourth-order valence-corrected chi connectivity index (χ4v) is 3.38. The molecule has 0 radical (unpaired) electrons. The van der Waals surface area contributed by atoms with Gasteiger partial charge in [-0.1, -0.05) is 6.07 Å². The molecule has 0 saturated carbocycles. The second-order valence-electron chi connectivity index (χ2n) is 6.59. The van der Waals surface area contributed by atoms with Crippen LogP contribution in [-0.2, 0) is 6.54 Å². The number of fused-ring (bicyclic) bond motifs is 1. The summed E-state index contributed by atoms with van der Waals surface area (Å²) in [5.74, 6) is 0.259. The first-order chi connectivity index (χ1) is 13.7. The Hall–Kier alpha value is -3.79. The Labute approximate surface area is 161 Å². The monoisotopic (exact) mass is 371 g/mol. The van der Waals surface area contributed by atoms with Gasteiger partial charge < -0.3 is 5.32 Å². The molecule has 1 N–H and O–H groups in total. The summed E-state index contributed by atoms with van der Waals surface area (Å²) in [5, 5.41) is 12.0. The molecule has 1 atom stereocenters. The van der Waals surface area contributed by atoms with Crippen LogP contribution in [0.2, 0.25) is 0 Å². The van der Waals surface area contributed by atoms with Gasteiger partial charge in [0.25, 0.3) is 11.5 Å². The van der Waals surface area contributed by atoms with Gasteiger partial charge in [-0.05, 0) is 43.2 Å². The molecule has 0 saturated heterocycles. The Kier molecular flexibility index (Phi) is 4.68. The Morgan fingerprint density at radius 1 is 1.21 bits per heavy atom. The third kappa shape index (κ3) is 3.40. The maximum absolute atomic E-state index is 12.7. The zero-order valence-corrected chi connectivity index (χ0v) is 15.0. The lowest BCUT2D eigenvalue weighted by molar-refractivity contribution is 0.0927. The van der Waals surface area contributed by atoms with E-state index in [1.54, 1.807) is 53.4 Å². The third-order valence-electron chi connectivity index (χ3n) is 4.76. The lowest BCUT2D eigenvalue weighted by Gasteiger charge is -2.27. The van der Waals surface area contributed by atoms with Crippen LogP contribution >= 0.6 is 0 Å². The largest absolute Gasteiger partial charge is 0.342 e. The number of hydrogen-bond acceptors (Lipinski definition) is 5. The van der Waals surface area contributed by atoms with Gasteiger partial charge in [0.1, 0.15) is 5.82 Å². The SMILES string of the molecule is N#Cc1cccc(C(=O)NC2CCCn3c2nc(-c2ccncc2)cc3=O)c1. The van der Waals surface area contributed by atoms with Crippen molar-refractivity contribution in [3.05, 3.63) is 82.2 Å². The zero-order chi connectivity index (χ0) is 19.5. The molecular weight excluding hydrogens is 354 g/mol. The normalized spacial score (nSPS) is 15.3. The predicted molar refractivity (Wildman–Crippen MR) is 102 cm³/mol. The molecule has 7 heteroatoms. The van der Waals surface area contributed by atoms with E-state index < -0.39 is 0 Å². The van der Waals surface area contributed by atoms with Gasteiger partial charge in [-0.25, -0.2) is 4.98 Å². The van der Waals surface area contributed by atoms with Crippen LogP contribution in [0.5, 0.6) is 0 Å². The molecule has 0 fully saturated rings. The van der Waals surface area contributed by atoms with Crippen molar-refractivity contribution in [3.63, 3.8) is 0 Å². The number of rotatable bonds is 3. The first-order valence-electron chi connectivity index (χ1n) is 8.99. The molecule has 138 valence electrons. The van der Waals surface area contributed by atoms with E-state index in [2.05, 4.69) is 15.3 Å². The van der Waals surface area contributed by atoms with E-state index in [9.17, 15) is 9.59 Å². The van der Waals surface area contributed by atoms with Gasteiger partial charge in [0.05, 0.1) is 23.4 Å². The predicted octanol–water partition coefficient (Wildman–Crippen LogP) is 2.44. The maximum Gasteiger partial charge on any atom is 0.254 e. The molecule has 2 aromatic heterocycles. The van der Waals surface area contributed by atoms with Crippen LogP contribution in [0.15, 0.2) is 59.7 Å². The summed E-state index contributed by atoms with van der Waals surface area (Å²) in [7, 11) is 0. The highest BCUT2D eigenvalue weighted by Crippen LogP contribution is 2.25. The van der Waals surface area contributed by atoms with Crippen LogP contribution in [0.3, 0.4) is 0 Å². The molecule has 0 aliphatic carbocycles. The Morgan fingerprint density at radius 3 is 2.82 bits per heavy atom. The molecule has 4 rings (SSSR count). The summed E-state index contributed by atoms with van der Waals surface area (Å²) in [5.41, 5.74) is 2.05. The van der Waals surface area contributed by atoms with E-state index in [0.29, 0.717) is 35.6 Å². The molecule has 1 aliphatic heterocycles. The lowest BCUT2D eigenvalue weighted by Crippen LogP contribution is -2.38. The number of amides is 1. The van der Waals surface area contributed by atoms with E-state index in [4.69, 9.17) is 5.26 Å². The minimum absolute atomic E-state index is 0.137. The molecule has 0 bridgehead atoms. The number of pyridine rings is 1. The summed E-state index contributed by atoms with van der Waals surface area (Å²) in [6.07, 6.45) is 4.76. The molecule has 3 aromatic rings. The van der Waals surface area contributed by atoms with Gasteiger partial charge in [0.2, 0.25) is 0 Å². The van der Waals surface area contributed by atoms with Gasteiger partial charge in [0, 0.05) is 36.1 Å². The van der Waals surface area contributed by atoms with Crippen molar-refractivity contribution in [2.45, 2.75) is 25.4 Å². The number of carbonyl (C=O) groups excluding carboxylic acids is 1. The minimum Gasteiger partial charge on any atom is -0.342 e. The third-order valence-corrected chi connectivity index (χ3v) is 4.76. The van der Waals surface area contributed by atoms with Crippen LogP contribution in [-0.4, -0.2) is 20.4 Å². The van der Waals surface area contributed by atoms with Crippen molar-refractivity contribution in [1.29, 1.82) is 5.26 Å². The molecule has 1 aromatic carbocycles. The van der Waals surface area contributed by atoms with E-state index in [1.165, 1.54) is 6.07 Å². The molecule has 1 aliphatic rings. The van der Waals surface area contributed by atoms with Crippen molar-refractivity contribution in [2.75, 3.05) is 0 Å². The van der Waals surface area contributed by atoms with Gasteiger partial charge in [0.15, 0.2) is 0 Å². The second-order valence-corrected chi connectivity index (χ2v) is 6.59. The van der Waals surface area contributed by atoms with E-state index in [0.717, 1.165) is 12.0 Å². The fraction of sp³-hybridized carbons (Fsp3) is 0.190. The van der Waals surface area contributed by atoms with Crippen LogP contribution < -0.4 is 10.9 Å². The zero-order valence-electron chi connectivity index (χ0n) is 15.0. The highest BCUT2D eigenvalue weighted by molar-refractivity contribution is 5.94. The van der Waals surface area contributed by atoms with Crippen LogP contribution in [0.1, 0.15) is 40.6 Å². The highest BCUT2D eigenvalue weighted by Gasteiger charge is 2.25. The van der Waals surface area contributed by atoms with E-state index in [1.807, 2.05) is 6.07 Å². The van der Waals surface area contributed by atoms with Crippen LogP contribution in [0, 0.1) is 11.3 Å². The van der Waals surface area contributed by atoms with Crippen molar-refractivity contribution in [3.8, 4) is 17.3 Å². The fourth-order valence-electron chi connectivity index (χ4n) is 3.38. The van der Waals surface area contributed by atoms with Crippen molar-refractivity contribution < 1.29 is 4.79 Å². The van der Waals surface area contributed by atoms with Crippen molar-refractivity contribution in [1.82, 2.24) is 19.9 Å². The first kappa shape index (κ1) is 17.6. The number of nitriles is 1. The van der Waals surface area contributed by atoms with Gasteiger partial charge >= 0.3 is 0 Å². The summed E-state index contributed by atoms with van der Waals surface area (Å²) in [4.78, 5) is 34.0. The maximum atomic E-state index is 12.7. The average molecular weight is 371 g/mol. The Balaban J connectivity index is 1.68. The number of benzene rings is 1. The minimum atomic E-state index is -0.374. The first-order valence-corrected chi connectivity index (χ1v) is 8.99. The van der Waals surface area contributed by atoms with Gasteiger partial charge in [-0.3, -0.25) is 19.1 Å². The number of hydrogen-bond donors (Lipinski definition) is 1. The van der Waals surface area contributed by atoms with Gasteiger partial charge in [-0.15, -0.1) is 0 Å².